The van der Waals surface area contributed by atoms with Crippen LogP contribution in [0, 0.1) is 13.8 Å². The van der Waals surface area contributed by atoms with Crippen LogP contribution in [-0.2, 0) is 6.42 Å². The first-order valence-electron chi connectivity index (χ1n) is 6.35. The summed E-state index contributed by atoms with van der Waals surface area (Å²) >= 11 is 0. The average Bonchev–Trinajstić information content (AvgIpc) is 2.42. The lowest BCUT2D eigenvalue weighted by Gasteiger charge is -2.11. The molecule has 1 N–H and O–H groups in total. The number of hydrogen-bond acceptors (Lipinski definition) is 4. The molecule has 2 heterocycles. The highest BCUT2D eigenvalue weighted by Crippen LogP contribution is 2.26. The van der Waals surface area contributed by atoms with Crippen LogP contribution in [0.4, 0.5) is 0 Å². The fourth-order valence-corrected chi connectivity index (χ4v) is 1.83. The SMILES string of the molecule is CCc1nc(C)ccc1Oc1ncc(C(=O)O)cc1C. The topological polar surface area (TPSA) is 72.3 Å². The lowest BCUT2D eigenvalue weighted by molar-refractivity contribution is 0.0696. The van der Waals surface area contributed by atoms with Crippen molar-refractivity contribution in [1.29, 1.82) is 0 Å². The van der Waals surface area contributed by atoms with Gasteiger partial charge >= 0.3 is 5.97 Å². The van der Waals surface area contributed by atoms with E-state index in [0.29, 0.717) is 17.2 Å². The van der Waals surface area contributed by atoms with E-state index in [0.717, 1.165) is 17.8 Å². The Balaban J connectivity index is 2.33. The van der Waals surface area contributed by atoms with E-state index in [9.17, 15) is 4.79 Å². The van der Waals surface area contributed by atoms with Crippen molar-refractivity contribution in [3.63, 3.8) is 0 Å². The molecule has 0 spiro atoms. The van der Waals surface area contributed by atoms with E-state index in [2.05, 4.69) is 9.97 Å². The van der Waals surface area contributed by atoms with Crippen molar-refractivity contribution >= 4 is 5.97 Å². The minimum atomic E-state index is -1.00. The fourth-order valence-electron chi connectivity index (χ4n) is 1.83. The Kier molecular flexibility index (Phi) is 3.98. The van der Waals surface area contributed by atoms with E-state index in [1.165, 1.54) is 12.3 Å². The monoisotopic (exact) mass is 272 g/mol. The molecule has 5 nitrogen and oxygen atoms in total. The van der Waals surface area contributed by atoms with Crippen molar-refractivity contribution in [3.8, 4) is 11.6 Å². The highest BCUT2D eigenvalue weighted by molar-refractivity contribution is 5.87. The van der Waals surface area contributed by atoms with E-state index in [1.807, 2.05) is 26.0 Å². The maximum Gasteiger partial charge on any atom is 0.337 e. The number of ether oxygens (including phenoxy) is 1. The molecule has 2 aromatic heterocycles. The molecule has 0 aliphatic carbocycles. The van der Waals surface area contributed by atoms with Crippen LogP contribution in [0.15, 0.2) is 24.4 Å². The number of carboxylic acids is 1. The first kappa shape index (κ1) is 14.0. The standard InChI is InChI=1S/C15H16N2O3/c1-4-12-13(6-5-10(3)17-12)20-14-9(2)7-11(8-16-14)15(18)19/h5-8H,4H2,1-3H3,(H,18,19). The van der Waals surface area contributed by atoms with E-state index in [1.54, 1.807) is 6.92 Å². The molecule has 0 radical (unpaired) electrons. The van der Waals surface area contributed by atoms with Gasteiger partial charge in [0.15, 0.2) is 5.75 Å². The van der Waals surface area contributed by atoms with Gasteiger partial charge in [0.1, 0.15) is 0 Å². The van der Waals surface area contributed by atoms with E-state index < -0.39 is 5.97 Å². The molecule has 2 aromatic rings. The Morgan fingerprint density at radius 2 is 2.10 bits per heavy atom. The molecule has 0 fully saturated rings. The Hall–Kier alpha value is -2.43. The number of aryl methyl sites for hydroxylation is 3. The van der Waals surface area contributed by atoms with Gasteiger partial charge in [-0.25, -0.2) is 9.78 Å². The number of aromatic carboxylic acids is 1. The third-order valence-electron chi connectivity index (χ3n) is 2.89. The minimum absolute atomic E-state index is 0.146. The third kappa shape index (κ3) is 2.93. The number of pyridine rings is 2. The van der Waals surface area contributed by atoms with Crippen molar-refractivity contribution in [2.24, 2.45) is 0 Å². The van der Waals surface area contributed by atoms with E-state index in [4.69, 9.17) is 9.84 Å². The summed E-state index contributed by atoms with van der Waals surface area (Å²) in [5.74, 6) is 0.0468. The van der Waals surface area contributed by atoms with Gasteiger partial charge < -0.3 is 9.84 Å². The smallest absolute Gasteiger partial charge is 0.337 e. The van der Waals surface area contributed by atoms with E-state index >= 15 is 0 Å². The first-order valence-corrected chi connectivity index (χ1v) is 6.35. The van der Waals surface area contributed by atoms with Gasteiger partial charge in [-0.1, -0.05) is 6.92 Å². The van der Waals surface area contributed by atoms with Crippen molar-refractivity contribution < 1.29 is 14.6 Å². The number of rotatable bonds is 4. The number of carboxylic acid groups (broad SMARTS) is 1. The summed E-state index contributed by atoms with van der Waals surface area (Å²) in [5.41, 5.74) is 2.61. The number of hydrogen-bond donors (Lipinski definition) is 1. The van der Waals surface area contributed by atoms with Gasteiger partial charge in [0.2, 0.25) is 5.88 Å². The summed E-state index contributed by atoms with van der Waals surface area (Å²) in [4.78, 5) is 19.3. The van der Waals surface area contributed by atoms with Gasteiger partial charge in [0, 0.05) is 17.5 Å². The van der Waals surface area contributed by atoms with Crippen LogP contribution in [0.3, 0.4) is 0 Å². The second-order valence-corrected chi connectivity index (χ2v) is 4.50. The highest BCUT2D eigenvalue weighted by atomic mass is 16.5. The molecule has 104 valence electrons. The zero-order chi connectivity index (χ0) is 14.7. The van der Waals surface area contributed by atoms with Gasteiger partial charge in [-0.2, -0.15) is 0 Å². The molecule has 5 heteroatoms. The predicted molar refractivity (Wildman–Crippen MR) is 74.4 cm³/mol. The Labute approximate surface area is 117 Å². The molecular formula is C15H16N2O3. The number of aromatic nitrogens is 2. The number of carbonyl (C=O) groups is 1. The van der Waals surface area contributed by atoms with Crippen molar-refractivity contribution in [2.45, 2.75) is 27.2 Å². The molecule has 0 unspecified atom stereocenters. The third-order valence-corrected chi connectivity index (χ3v) is 2.89. The van der Waals surface area contributed by atoms with Crippen LogP contribution < -0.4 is 4.74 Å². The molecule has 0 saturated heterocycles. The molecule has 0 amide bonds. The lowest BCUT2D eigenvalue weighted by atomic mass is 10.2. The normalized spacial score (nSPS) is 10.3. The fraction of sp³-hybridized carbons (Fsp3) is 0.267. The molecule has 0 atom stereocenters. The zero-order valence-electron chi connectivity index (χ0n) is 11.7. The summed E-state index contributed by atoms with van der Waals surface area (Å²) in [5, 5.41) is 8.91. The molecule has 0 aliphatic heterocycles. The highest BCUT2D eigenvalue weighted by Gasteiger charge is 2.11. The molecule has 2 rings (SSSR count). The van der Waals surface area contributed by atoms with Gasteiger partial charge in [-0.05, 0) is 38.5 Å². The van der Waals surface area contributed by atoms with Crippen LogP contribution in [-0.4, -0.2) is 21.0 Å². The summed E-state index contributed by atoms with van der Waals surface area (Å²) in [7, 11) is 0. The Bertz CT molecular complexity index is 654. The average molecular weight is 272 g/mol. The van der Waals surface area contributed by atoms with Crippen molar-refractivity contribution in [3.05, 3.63) is 46.9 Å². The quantitative estimate of drug-likeness (QED) is 0.925. The molecule has 20 heavy (non-hydrogen) atoms. The zero-order valence-corrected chi connectivity index (χ0v) is 11.7. The van der Waals surface area contributed by atoms with Crippen molar-refractivity contribution in [1.82, 2.24) is 9.97 Å². The largest absolute Gasteiger partial charge is 0.478 e. The van der Waals surface area contributed by atoms with Crippen LogP contribution in [0.25, 0.3) is 0 Å². The van der Waals surface area contributed by atoms with Crippen molar-refractivity contribution in [2.75, 3.05) is 0 Å². The van der Waals surface area contributed by atoms with Crippen LogP contribution in [0.1, 0.15) is 34.2 Å². The molecule has 0 bridgehead atoms. The predicted octanol–water partition coefficient (Wildman–Crippen LogP) is 3.15. The lowest BCUT2D eigenvalue weighted by Crippen LogP contribution is -2.01. The maximum absolute atomic E-state index is 10.9. The minimum Gasteiger partial charge on any atom is -0.478 e. The first-order chi connectivity index (χ1) is 9.51. The Morgan fingerprint density at radius 3 is 2.70 bits per heavy atom. The van der Waals surface area contributed by atoms with E-state index in [-0.39, 0.29) is 5.56 Å². The van der Waals surface area contributed by atoms with Crippen LogP contribution >= 0.6 is 0 Å². The van der Waals surface area contributed by atoms with Gasteiger partial charge in [0.25, 0.3) is 0 Å². The second-order valence-electron chi connectivity index (χ2n) is 4.50. The molecule has 0 aromatic carbocycles. The summed E-state index contributed by atoms with van der Waals surface area (Å²) in [6, 6.07) is 5.26. The van der Waals surface area contributed by atoms with Gasteiger partial charge in [-0.15, -0.1) is 0 Å². The van der Waals surface area contributed by atoms with Crippen LogP contribution in [0.5, 0.6) is 11.6 Å². The van der Waals surface area contributed by atoms with Crippen LogP contribution in [0.2, 0.25) is 0 Å². The number of nitrogens with zero attached hydrogens (tertiary/aromatic N) is 2. The molecular weight excluding hydrogens is 256 g/mol. The Morgan fingerprint density at radius 1 is 1.35 bits per heavy atom. The molecule has 0 saturated carbocycles. The molecule has 0 aliphatic rings. The van der Waals surface area contributed by atoms with Gasteiger partial charge in [-0.3, -0.25) is 4.98 Å². The second kappa shape index (κ2) is 5.69. The summed E-state index contributed by atoms with van der Waals surface area (Å²) in [6.07, 6.45) is 2.04. The van der Waals surface area contributed by atoms with Gasteiger partial charge in [0.05, 0.1) is 11.3 Å². The summed E-state index contributed by atoms with van der Waals surface area (Å²) < 4.78 is 5.75. The summed E-state index contributed by atoms with van der Waals surface area (Å²) in [6.45, 7) is 5.69. The maximum atomic E-state index is 10.9.